The topological polar surface area (TPSA) is 156 Å². The van der Waals surface area contributed by atoms with Gasteiger partial charge in [0.25, 0.3) is 11.8 Å². The van der Waals surface area contributed by atoms with Gasteiger partial charge in [0.05, 0.1) is 22.2 Å². The van der Waals surface area contributed by atoms with Crippen molar-refractivity contribution < 1.29 is 37.1 Å². The molecular weight excluding hydrogens is 610 g/mol. The average Bonchev–Trinajstić information content (AvgIpc) is 3.12. The van der Waals surface area contributed by atoms with E-state index >= 15 is 0 Å². The molecule has 2 N–H and O–H groups in total. The Morgan fingerprint density at radius 3 is 2.02 bits per heavy atom. The number of anilines is 2. The summed E-state index contributed by atoms with van der Waals surface area (Å²) in [5, 5.41) is 5.11. The summed E-state index contributed by atoms with van der Waals surface area (Å²) in [7, 11) is -3.44. The van der Waals surface area contributed by atoms with Gasteiger partial charge < -0.3 is 15.4 Å². The fraction of sp³-hybridized carbons (Fsp3) is 0.645. The van der Waals surface area contributed by atoms with E-state index in [0.29, 0.717) is 11.3 Å². The Hall–Kier alpha value is -2.99. The molecule has 0 radical (unpaired) electrons. The second kappa shape index (κ2) is 16.9. The van der Waals surface area contributed by atoms with Crippen LogP contribution in [0, 0.1) is 5.92 Å². The maximum absolute atomic E-state index is 13.1. The largest absolute Gasteiger partial charge is 0.433 e. The number of halogens is 1. The SMILES string of the molecule is CCCCCCCCCCCCS(=O)(=O)CC(C)C(=O)Nc1ccc(Cl)c(NC(=O)C(C(C)=O)N2C(=O)OC(C)(C)C2=O)c1. The van der Waals surface area contributed by atoms with E-state index in [1.165, 1.54) is 77.5 Å². The van der Waals surface area contributed by atoms with Crippen molar-refractivity contribution in [2.24, 2.45) is 5.92 Å². The number of carbonyl (C=O) groups is 5. The van der Waals surface area contributed by atoms with Crippen LogP contribution in [0.15, 0.2) is 18.2 Å². The van der Waals surface area contributed by atoms with E-state index in [0.717, 1.165) is 26.2 Å². The van der Waals surface area contributed by atoms with Gasteiger partial charge in [-0.25, -0.2) is 18.1 Å². The second-order valence-electron chi connectivity index (χ2n) is 11.9. The quantitative estimate of drug-likeness (QED) is 0.138. The number of benzene rings is 1. The molecule has 1 aromatic carbocycles. The van der Waals surface area contributed by atoms with E-state index in [1.54, 1.807) is 0 Å². The summed E-state index contributed by atoms with van der Waals surface area (Å²) in [6.45, 7) is 7.46. The van der Waals surface area contributed by atoms with Crippen LogP contribution in [0.5, 0.6) is 0 Å². The Labute approximate surface area is 265 Å². The summed E-state index contributed by atoms with van der Waals surface area (Å²) in [6, 6.07) is 2.38. The zero-order valence-electron chi connectivity index (χ0n) is 26.4. The lowest BCUT2D eigenvalue weighted by molar-refractivity contribution is -0.142. The lowest BCUT2D eigenvalue weighted by Crippen LogP contribution is -2.52. The van der Waals surface area contributed by atoms with Crippen molar-refractivity contribution in [3.8, 4) is 0 Å². The van der Waals surface area contributed by atoms with Gasteiger partial charge in [-0.2, -0.15) is 0 Å². The third-order valence-corrected chi connectivity index (χ3v) is 9.66. The molecule has 1 fully saturated rings. The number of nitrogens with one attached hydrogen (secondary N) is 2. The monoisotopic (exact) mass is 655 g/mol. The number of imide groups is 1. The number of hydrogen-bond acceptors (Lipinski definition) is 8. The Morgan fingerprint density at radius 1 is 0.932 bits per heavy atom. The third-order valence-electron chi connectivity index (χ3n) is 7.42. The molecule has 1 heterocycles. The summed E-state index contributed by atoms with van der Waals surface area (Å²) in [5.41, 5.74) is -1.32. The molecule has 4 amide bonds. The van der Waals surface area contributed by atoms with Crippen molar-refractivity contribution >= 4 is 62.4 Å². The first-order chi connectivity index (χ1) is 20.6. The Kier molecular flexibility index (Phi) is 14.3. The lowest BCUT2D eigenvalue weighted by Gasteiger charge is -2.22. The fourth-order valence-electron chi connectivity index (χ4n) is 4.91. The van der Waals surface area contributed by atoms with Crippen LogP contribution < -0.4 is 10.6 Å². The van der Waals surface area contributed by atoms with Crippen molar-refractivity contribution in [2.45, 2.75) is 110 Å². The minimum atomic E-state index is -3.44. The van der Waals surface area contributed by atoms with Gasteiger partial charge in [-0.1, -0.05) is 83.2 Å². The predicted molar refractivity (Wildman–Crippen MR) is 170 cm³/mol. The number of cyclic esters (lactones) is 1. The molecule has 2 atom stereocenters. The average molecular weight is 656 g/mol. The first kappa shape index (κ1) is 37.2. The number of sulfone groups is 1. The zero-order chi connectivity index (χ0) is 33.1. The molecule has 11 nitrogen and oxygen atoms in total. The van der Waals surface area contributed by atoms with E-state index in [-0.39, 0.29) is 27.9 Å². The molecule has 0 spiro atoms. The summed E-state index contributed by atoms with van der Waals surface area (Å²) < 4.78 is 30.3. The van der Waals surface area contributed by atoms with Crippen LogP contribution in [0.1, 0.15) is 98.8 Å². The molecule has 0 saturated carbocycles. The maximum atomic E-state index is 13.1. The normalized spacial score (nSPS) is 15.9. The smallest absolute Gasteiger partial charge is 0.418 e. The third kappa shape index (κ3) is 11.2. The van der Waals surface area contributed by atoms with E-state index in [4.69, 9.17) is 16.3 Å². The highest BCUT2D eigenvalue weighted by molar-refractivity contribution is 7.91. The molecule has 44 heavy (non-hydrogen) atoms. The number of Topliss-reactive ketones (excluding diaryl/α,β-unsaturated/α-hetero) is 1. The van der Waals surface area contributed by atoms with E-state index in [9.17, 15) is 32.4 Å². The van der Waals surface area contributed by atoms with Crippen LogP contribution in [0.2, 0.25) is 5.02 Å². The number of hydrogen-bond donors (Lipinski definition) is 2. The highest BCUT2D eigenvalue weighted by atomic mass is 35.5. The highest BCUT2D eigenvalue weighted by Crippen LogP contribution is 2.29. The van der Waals surface area contributed by atoms with Gasteiger partial charge in [0.1, 0.15) is 0 Å². The van der Waals surface area contributed by atoms with Gasteiger partial charge in [0.15, 0.2) is 27.3 Å². The first-order valence-electron chi connectivity index (χ1n) is 15.3. The number of unbranched alkanes of at least 4 members (excludes halogenated alkanes) is 9. The molecule has 0 aliphatic carbocycles. The molecule has 0 aromatic heterocycles. The van der Waals surface area contributed by atoms with Crippen LogP contribution in [0.4, 0.5) is 16.2 Å². The number of ether oxygens (including phenoxy) is 1. The van der Waals surface area contributed by atoms with Crippen molar-refractivity contribution in [3.63, 3.8) is 0 Å². The molecule has 0 bridgehead atoms. The van der Waals surface area contributed by atoms with Crippen molar-refractivity contribution in [1.29, 1.82) is 0 Å². The van der Waals surface area contributed by atoms with Crippen molar-refractivity contribution in [2.75, 3.05) is 22.1 Å². The minimum absolute atomic E-state index is 0.00113. The number of amides is 4. The van der Waals surface area contributed by atoms with Gasteiger partial charge in [-0.15, -0.1) is 0 Å². The molecule has 246 valence electrons. The number of carbonyl (C=O) groups excluding carboxylic acids is 5. The summed E-state index contributed by atoms with van der Waals surface area (Å²) in [5.74, 6) is -4.28. The van der Waals surface area contributed by atoms with Gasteiger partial charge >= 0.3 is 6.09 Å². The van der Waals surface area contributed by atoms with Crippen LogP contribution in [0.25, 0.3) is 0 Å². The van der Waals surface area contributed by atoms with Crippen LogP contribution in [-0.4, -0.2) is 66.1 Å². The highest BCUT2D eigenvalue weighted by Gasteiger charge is 2.53. The van der Waals surface area contributed by atoms with E-state index < -0.39 is 57.0 Å². The number of nitrogens with zero attached hydrogens (tertiary/aromatic N) is 1. The molecule has 13 heteroatoms. The summed E-state index contributed by atoms with van der Waals surface area (Å²) in [4.78, 5) is 63.6. The van der Waals surface area contributed by atoms with Gasteiger partial charge in [0.2, 0.25) is 5.91 Å². The predicted octanol–water partition coefficient (Wildman–Crippen LogP) is 5.90. The van der Waals surface area contributed by atoms with Gasteiger partial charge in [0, 0.05) is 11.6 Å². The molecule has 1 aliphatic heterocycles. The molecular formula is C31H46ClN3O8S. The fourth-order valence-corrected chi connectivity index (χ4v) is 6.79. The van der Waals surface area contributed by atoms with Crippen LogP contribution >= 0.6 is 11.6 Å². The molecule has 2 unspecified atom stereocenters. The van der Waals surface area contributed by atoms with Gasteiger partial charge in [-0.05, 0) is 45.4 Å². The number of rotatable bonds is 19. The first-order valence-corrected chi connectivity index (χ1v) is 17.5. The summed E-state index contributed by atoms with van der Waals surface area (Å²) in [6.07, 6.45) is 9.80. The summed E-state index contributed by atoms with van der Waals surface area (Å²) >= 11 is 6.22. The molecule has 1 aromatic rings. The number of ketones is 1. The van der Waals surface area contributed by atoms with Crippen molar-refractivity contribution in [3.05, 3.63) is 23.2 Å². The molecule has 2 rings (SSSR count). The second-order valence-corrected chi connectivity index (χ2v) is 14.6. The van der Waals surface area contributed by atoms with E-state index in [1.807, 2.05) is 0 Å². The standard InChI is InChI=1S/C31H46ClN3O8S/c1-6-7-8-9-10-11-12-13-14-15-18-44(41,42)20-21(2)27(37)33-23-16-17-24(32)25(19-23)34-28(38)26(22(3)36)35-29(39)31(4,5)43-30(35)40/h16-17,19,21,26H,6-15,18,20H2,1-5H3,(H,33,37)(H,34,38). The molecule has 1 saturated heterocycles. The Bertz CT molecular complexity index is 1310. The Balaban J connectivity index is 1.92. The maximum Gasteiger partial charge on any atom is 0.418 e. The van der Waals surface area contributed by atoms with Crippen LogP contribution in [0.3, 0.4) is 0 Å². The van der Waals surface area contributed by atoms with Crippen LogP contribution in [-0.2, 0) is 33.8 Å². The Morgan fingerprint density at radius 2 is 1.50 bits per heavy atom. The lowest BCUT2D eigenvalue weighted by atomic mass is 10.1. The zero-order valence-corrected chi connectivity index (χ0v) is 27.9. The van der Waals surface area contributed by atoms with E-state index in [2.05, 4.69) is 17.6 Å². The van der Waals surface area contributed by atoms with Gasteiger partial charge in [-0.3, -0.25) is 19.2 Å². The minimum Gasteiger partial charge on any atom is -0.433 e. The molecule has 1 aliphatic rings. The van der Waals surface area contributed by atoms with Crippen molar-refractivity contribution in [1.82, 2.24) is 4.90 Å².